The van der Waals surface area contributed by atoms with E-state index in [9.17, 15) is 8.42 Å². The lowest BCUT2D eigenvalue weighted by Gasteiger charge is -2.45. The van der Waals surface area contributed by atoms with E-state index in [0.717, 1.165) is 58.5 Å². The minimum Gasteiger partial charge on any atom is -0.372 e. The molecule has 1 saturated carbocycles. The van der Waals surface area contributed by atoms with Gasteiger partial charge in [0.15, 0.2) is 0 Å². The molecular formula is C14H27N3O3S. The predicted molar refractivity (Wildman–Crippen MR) is 81.8 cm³/mol. The third kappa shape index (κ3) is 3.76. The van der Waals surface area contributed by atoms with Crippen LogP contribution >= 0.6 is 0 Å². The van der Waals surface area contributed by atoms with E-state index in [4.69, 9.17) is 4.74 Å². The normalized spacial score (nSPS) is 28.6. The second-order valence-corrected chi connectivity index (χ2v) is 8.73. The molecule has 0 aromatic heterocycles. The molecule has 0 amide bonds. The summed E-state index contributed by atoms with van der Waals surface area (Å²) in [7, 11) is -3.06. The molecule has 0 radical (unpaired) electrons. The number of nitrogens with zero attached hydrogens (tertiary/aromatic N) is 1. The first-order chi connectivity index (χ1) is 10.0. The van der Waals surface area contributed by atoms with E-state index in [-0.39, 0.29) is 16.9 Å². The van der Waals surface area contributed by atoms with Gasteiger partial charge in [0.25, 0.3) is 0 Å². The average molecular weight is 317 g/mol. The maximum atomic E-state index is 11.9. The summed E-state index contributed by atoms with van der Waals surface area (Å²) >= 11 is 0. The zero-order valence-electron chi connectivity index (χ0n) is 12.8. The smallest absolute Gasteiger partial charge is 0.214 e. The van der Waals surface area contributed by atoms with Crippen molar-refractivity contribution in [1.29, 1.82) is 0 Å². The summed E-state index contributed by atoms with van der Waals surface area (Å²) in [4.78, 5) is 2.37. The Morgan fingerprint density at radius 3 is 2.67 bits per heavy atom. The summed E-state index contributed by atoms with van der Waals surface area (Å²) in [5.41, 5.74) is 0.0159. The number of morpholine rings is 1. The van der Waals surface area contributed by atoms with Crippen molar-refractivity contribution in [2.45, 2.75) is 49.5 Å². The molecule has 0 aromatic carbocycles. The minimum absolute atomic E-state index is 0.0159. The van der Waals surface area contributed by atoms with Crippen LogP contribution in [-0.2, 0) is 14.8 Å². The van der Waals surface area contributed by atoms with E-state index in [1.165, 1.54) is 0 Å². The summed E-state index contributed by atoms with van der Waals surface area (Å²) in [6, 6.07) is 0.243. The van der Waals surface area contributed by atoms with Crippen molar-refractivity contribution in [3.8, 4) is 0 Å². The lowest BCUT2D eigenvalue weighted by molar-refractivity contribution is -0.103. The Hall–Kier alpha value is -0.210. The van der Waals surface area contributed by atoms with Crippen LogP contribution in [0.2, 0.25) is 0 Å². The maximum absolute atomic E-state index is 11.9. The molecule has 21 heavy (non-hydrogen) atoms. The van der Waals surface area contributed by atoms with Crippen molar-refractivity contribution < 1.29 is 13.2 Å². The first kappa shape index (κ1) is 15.7. The molecule has 2 heterocycles. The number of hydrogen-bond acceptors (Lipinski definition) is 5. The van der Waals surface area contributed by atoms with Crippen LogP contribution in [0.1, 0.15) is 32.6 Å². The fourth-order valence-electron chi connectivity index (χ4n) is 3.26. The zero-order valence-corrected chi connectivity index (χ0v) is 13.6. The monoisotopic (exact) mass is 317 g/mol. The van der Waals surface area contributed by atoms with Gasteiger partial charge in [-0.3, -0.25) is 4.90 Å². The van der Waals surface area contributed by atoms with Gasteiger partial charge in [0.05, 0.1) is 17.5 Å². The van der Waals surface area contributed by atoms with Gasteiger partial charge in [0, 0.05) is 38.8 Å². The number of hydrogen-bond donors (Lipinski definition) is 2. The third-order valence-corrected chi connectivity index (χ3v) is 6.93. The summed E-state index contributed by atoms with van der Waals surface area (Å²) in [6.45, 7) is 7.28. The van der Waals surface area contributed by atoms with E-state index in [1.54, 1.807) is 0 Å². The van der Waals surface area contributed by atoms with Crippen LogP contribution < -0.4 is 10.0 Å². The molecule has 1 unspecified atom stereocenters. The molecule has 0 aromatic rings. The van der Waals surface area contributed by atoms with Gasteiger partial charge in [0.1, 0.15) is 0 Å². The number of ether oxygens (including phenoxy) is 1. The van der Waals surface area contributed by atoms with Crippen molar-refractivity contribution in [2.75, 3.05) is 39.3 Å². The molecule has 1 aliphatic carbocycles. The fourth-order valence-corrected chi connectivity index (χ4v) is 4.73. The summed E-state index contributed by atoms with van der Waals surface area (Å²) in [6.07, 6.45) is 3.69. The minimum atomic E-state index is -3.06. The Morgan fingerprint density at radius 1 is 1.38 bits per heavy atom. The summed E-state index contributed by atoms with van der Waals surface area (Å²) in [5.74, 6) is 0. The van der Waals surface area contributed by atoms with Crippen molar-refractivity contribution in [1.82, 2.24) is 14.9 Å². The first-order valence-corrected chi connectivity index (χ1v) is 9.63. The van der Waals surface area contributed by atoms with Crippen LogP contribution in [0.5, 0.6) is 0 Å². The van der Waals surface area contributed by atoms with Gasteiger partial charge in [-0.15, -0.1) is 0 Å². The van der Waals surface area contributed by atoms with Gasteiger partial charge in [0.2, 0.25) is 10.0 Å². The lowest BCUT2D eigenvalue weighted by Crippen LogP contribution is -2.57. The topological polar surface area (TPSA) is 70.7 Å². The zero-order chi connectivity index (χ0) is 14.9. The Bertz CT molecular complexity index is 448. The standard InChI is InChI=1S/C14H27N3O3S/c1-12(10-16-21(18,19)13-2-3-13)17-7-4-14(5-8-17)11-15-6-9-20-14/h12-13,15-16H,2-11H2,1H3. The summed E-state index contributed by atoms with van der Waals surface area (Å²) in [5, 5.41) is 3.29. The number of likely N-dealkylation sites (tertiary alicyclic amines) is 1. The second-order valence-electron chi connectivity index (χ2n) is 6.69. The van der Waals surface area contributed by atoms with Crippen LogP contribution in [0, 0.1) is 0 Å². The fraction of sp³-hybridized carbons (Fsp3) is 1.00. The van der Waals surface area contributed by atoms with E-state index < -0.39 is 10.0 Å². The maximum Gasteiger partial charge on any atom is 0.214 e. The van der Waals surface area contributed by atoms with Crippen molar-refractivity contribution in [2.24, 2.45) is 0 Å². The molecule has 7 heteroatoms. The van der Waals surface area contributed by atoms with Gasteiger partial charge in [-0.25, -0.2) is 13.1 Å². The number of nitrogens with one attached hydrogen (secondary N) is 2. The van der Waals surface area contributed by atoms with Crippen molar-refractivity contribution in [3.63, 3.8) is 0 Å². The van der Waals surface area contributed by atoms with Gasteiger partial charge in [-0.05, 0) is 32.6 Å². The number of piperidine rings is 1. The Morgan fingerprint density at radius 2 is 2.10 bits per heavy atom. The Labute approximate surface area is 127 Å². The van der Waals surface area contributed by atoms with Crippen molar-refractivity contribution in [3.05, 3.63) is 0 Å². The third-order valence-electron chi connectivity index (χ3n) is 5.01. The average Bonchev–Trinajstić information content (AvgIpc) is 3.32. The molecule has 6 nitrogen and oxygen atoms in total. The Kier molecular flexibility index (Phi) is 4.57. The van der Waals surface area contributed by atoms with E-state index in [2.05, 4.69) is 21.9 Å². The van der Waals surface area contributed by atoms with Gasteiger partial charge >= 0.3 is 0 Å². The largest absolute Gasteiger partial charge is 0.372 e. The highest BCUT2D eigenvalue weighted by atomic mass is 32.2. The molecule has 3 aliphatic rings. The molecule has 3 rings (SSSR count). The molecule has 2 N–H and O–H groups in total. The molecule has 1 atom stereocenters. The first-order valence-electron chi connectivity index (χ1n) is 8.08. The molecule has 3 fully saturated rings. The quantitative estimate of drug-likeness (QED) is 0.742. The lowest BCUT2D eigenvalue weighted by atomic mass is 9.89. The van der Waals surface area contributed by atoms with Crippen LogP contribution in [0.15, 0.2) is 0 Å². The molecule has 2 saturated heterocycles. The van der Waals surface area contributed by atoms with Gasteiger partial charge < -0.3 is 10.1 Å². The number of sulfonamides is 1. The highest BCUT2D eigenvalue weighted by Crippen LogP contribution is 2.29. The highest BCUT2D eigenvalue weighted by Gasteiger charge is 2.39. The molecule has 0 bridgehead atoms. The van der Waals surface area contributed by atoms with E-state index in [1.807, 2.05) is 0 Å². The van der Waals surface area contributed by atoms with Gasteiger partial charge in [-0.1, -0.05) is 0 Å². The van der Waals surface area contributed by atoms with E-state index >= 15 is 0 Å². The molecular weight excluding hydrogens is 290 g/mol. The van der Waals surface area contributed by atoms with Crippen LogP contribution in [0.4, 0.5) is 0 Å². The van der Waals surface area contributed by atoms with E-state index in [0.29, 0.717) is 6.54 Å². The van der Waals surface area contributed by atoms with Gasteiger partial charge in [-0.2, -0.15) is 0 Å². The SMILES string of the molecule is CC(CNS(=O)(=O)C1CC1)N1CCC2(CC1)CNCCO2. The van der Waals surface area contributed by atoms with Crippen LogP contribution in [-0.4, -0.2) is 69.5 Å². The second kappa shape index (κ2) is 6.12. The Balaban J connectivity index is 1.45. The van der Waals surface area contributed by atoms with Crippen LogP contribution in [0.3, 0.4) is 0 Å². The van der Waals surface area contributed by atoms with Crippen molar-refractivity contribution >= 4 is 10.0 Å². The molecule has 2 aliphatic heterocycles. The predicted octanol–water partition coefficient (Wildman–Crippen LogP) is -0.0889. The number of rotatable bonds is 5. The molecule has 122 valence electrons. The summed E-state index contributed by atoms with van der Waals surface area (Å²) < 4.78 is 32.5. The molecule has 1 spiro atoms. The van der Waals surface area contributed by atoms with Crippen LogP contribution in [0.25, 0.3) is 0 Å². The highest BCUT2D eigenvalue weighted by molar-refractivity contribution is 7.90.